The van der Waals surface area contributed by atoms with Crippen molar-refractivity contribution in [2.75, 3.05) is 13.2 Å². The van der Waals surface area contributed by atoms with Crippen LogP contribution in [-0.2, 0) is 28.2 Å². The number of hydrogen-bond donors (Lipinski definition) is 2. The number of phosphoric ester groups is 1. The van der Waals surface area contributed by atoms with Gasteiger partial charge in [0.25, 0.3) is 0 Å². The largest absolute Gasteiger partial charge is 0.469 e. The maximum absolute atomic E-state index is 12.3. The zero-order valence-electron chi connectivity index (χ0n) is 31.1. The molecule has 0 unspecified atom stereocenters. The molecule has 0 aromatic heterocycles. The van der Waals surface area contributed by atoms with Gasteiger partial charge in [-0.3, -0.25) is 14.1 Å². The molecule has 0 saturated heterocycles. The molecule has 0 aliphatic carbocycles. The summed E-state index contributed by atoms with van der Waals surface area (Å²) in [5.74, 6) is -0.921. The molecule has 0 fully saturated rings. The third kappa shape index (κ3) is 38.7. The van der Waals surface area contributed by atoms with Crippen LogP contribution in [0.1, 0.15) is 174 Å². The smallest absolute Gasteiger partial charge is 0.462 e. The first-order valence-corrected chi connectivity index (χ1v) is 21.0. The Morgan fingerprint density at radius 1 is 0.531 bits per heavy atom. The fourth-order valence-electron chi connectivity index (χ4n) is 5.18. The van der Waals surface area contributed by atoms with Crippen molar-refractivity contribution in [3.05, 3.63) is 48.6 Å². The molecule has 0 radical (unpaired) electrons. The number of hydrogen-bond acceptors (Lipinski definition) is 6. The molecule has 0 aliphatic heterocycles. The molecule has 49 heavy (non-hydrogen) atoms. The molecule has 0 rings (SSSR count). The summed E-state index contributed by atoms with van der Waals surface area (Å²) in [5, 5.41) is 0. The van der Waals surface area contributed by atoms with Crippen LogP contribution in [0.3, 0.4) is 0 Å². The standard InChI is InChI=1S/C40H71O8P/c1-3-5-7-9-11-13-15-17-18-19-20-21-22-23-25-26-28-30-32-34-39(41)46-36-38(37-47-49(43,44)45)48-40(42)35-33-31-29-27-24-16-14-12-10-8-6-4-2/h11,13,17-18,20-21,23,25,38H,3-10,12,14-16,19,22,24,26-37H2,1-2H3,(H2,43,44,45)/b13-11+,18-17+,21-20+,25-23+/t38-/m1/s1. The van der Waals surface area contributed by atoms with Gasteiger partial charge in [-0.1, -0.05) is 152 Å². The van der Waals surface area contributed by atoms with E-state index in [-0.39, 0.29) is 19.4 Å². The molecule has 9 heteroatoms. The van der Waals surface area contributed by atoms with Gasteiger partial charge in [-0.05, 0) is 57.8 Å². The Balaban J connectivity index is 4.02. The summed E-state index contributed by atoms with van der Waals surface area (Å²) in [6.07, 6.45) is 42.6. The molecule has 284 valence electrons. The maximum atomic E-state index is 12.3. The van der Waals surface area contributed by atoms with E-state index in [1.165, 1.54) is 77.0 Å². The number of phosphoric acid groups is 1. The van der Waals surface area contributed by atoms with Crippen LogP contribution >= 0.6 is 7.82 Å². The summed E-state index contributed by atoms with van der Waals surface area (Å²) in [6, 6.07) is 0. The van der Waals surface area contributed by atoms with Gasteiger partial charge in [0.1, 0.15) is 6.61 Å². The van der Waals surface area contributed by atoms with E-state index in [4.69, 9.17) is 19.3 Å². The van der Waals surface area contributed by atoms with Gasteiger partial charge in [-0.25, -0.2) is 4.57 Å². The molecule has 0 amide bonds. The van der Waals surface area contributed by atoms with Crippen LogP contribution in [0.25, 0.3) is 0 Å². The maximum Gasteiger partial charge on any atom is 0.469 e. The fraction of sp³-hybridized carbons (Fsp3) is 0.750. The molecule has 0 saturated carbocycles. The van der Waals surface area contributed by atoms with E-state index in [9.17, 15) is 14.2 Å². The minimum absolute atomic E-state index is 0.206. The second-order valence-corrected chi connectivity index (χ2v) is 14.1. The van der Waals surface area contributed by atoms with Crippen molar-refractivity contribution < 1.29 is 37.9 Å². The van der Waals surface area contributed by atoms with Crippen LogP contribution in [0.2, 0.25) is 0 Å². The van der Waals surface area contributed by atoms with Gasteiger partial charge >= 0.3 is 19.8 Å². The van der Waals surface area contributed by atoms with Crippen LogP contribution in [0.15, 0.2) is 48.6 Å². The fourth-order valence-corrected chi connectivity index (χ4v) is 5.54. The highest BCUT2D eigenvalue weighted by molar-refractivity contribution is 7.46. The van der Waals surface area contributed by atoms with Crippen molar-refractivity contribution in [1.29, 1.82) is 0 Å². The third-order valence-electron chi connectivity index (χ3n) is 8.10. The van der Waals surface area contributed by atoms with Crippen LogP contribution in [0.5, 0.6) is 0 Å². The highest BCUT2D eigenvalue weighted by Crippen LogP contribution is 2.36. The Morgan fingerprint density at radius 2 is 0.918 bits per heavy atom. The predicted molar refractivity (Wildman–Crippen MR) is 202 cm³/mol. The Hall–Kier alpha value is -1.99. The zero-order chi connectivity index (χ0) is 36.1. The Kier molecular flexibility index (Phi) is 34.4. The summed E-state index contributed by atoms with van der Waals surface area (Å²) in [5.41, 5.74) is 0. The van der Waals surface area contributed by atoms with E-state index in [0.29, 0.717) is 12.8 Å². The van der Waals surface area contributed by atoms with Crippen molar-refractivity contribution in [1.82, 2.24) is 0 Å². The molecule has 0 aliphatic rings. The Bertz CT molecular complexity index is 937. The van der Waals surface area contributed by atoms with Crippen LogP contribution < -0.4 is 0 Å². The highest BCUT2D eigenvalue weighted by atomic mass is 31.2. The number of unbranched alkanes of at least 4 members (excludes halogenated alkanes) is 17. The monoisotopic (exact) mass is 710 g/mol. The predicted octanol–water partition coefficient (Wildman–Crippen LogP) is 11.6. The minimum Gasteiger partial charge on any atom is -0.462 e. The Morgan fingerprint density at radius 3 is 1.41 bits per heavy atom. The molecule has 0 bridgehead atoms. The van der Waals surface area contributed by atoms with Crippen LogP contribution in [-0.4, -0.2) is 41.0 Å². The first-order valence-electron chi connectivity index (χ1n) is 19.4. The highest BCUT2D eigenvalue weighted by Gasteiger charge is 2.22. The normalized spacial score (nSPS) is 13.0. The van der Waals surface area contributed by atoms with Crippen molar-refractivity contribution in [3.8, 4) is 0 Å². The van der Waals surface area contributed by atoms with E-state index in [2.05, 4.69) is 67.0 Å². The first kappa shape index (κ1) is 47.0. The van der Waals surface area contributed by atoms with E-state index < -0.39 is 32.5 Å². The van der Waals surface area contributed by atoms with Crippen LogP contribution in [0, 0.1) is 0 Å². The van der Waals surface area contributed by atoms with Gasteiger partial charge in [0.05, 0.1) is 6.61 Å². The van der Waals surface area contributed by atoms with Gasteiger partial charge in [0.2, 0.25) is 0 Å². The van der Waals surface area contributed by atoms with Gasteiger partial charge < -0.3 is 19.3 Å². The summed E-state index contributed by atoms with van der Waals surface area (Å²) in [6.45, 7) is 3.61. The number of ether oxygens (including phenoxy) is 2. The number of esters is 2. The summed E-state index contributed by atoms with van der Waals surface area (Å²) < 4.78 is 26.3. The topological polar surface area (TPSA) is 119 Å². The second-order valence-electron chi connectivity index (χ2n) is 12.9. The van der Waals surface area contributed by atoms with Gasteiger partial charge in [0, 0.05) is 12.8 Å². The molecule has 0 aromatic rings. The quantitative estimate of drug-likeness (QED) is 0.0289. The van der Waals surface area contributed by atoms with Gasteiger partial charge in [-0.2, -0.15) is 0 Å². The number of rotatable bonds is 35. The average molecular weight is 711 g/mol. The molecule has 2 N–H and O–H groups in total. The van der Waals surface area contributed by atoms with E-state index >= 15 is 0 Å². The van der Waals surface area contributed by atoms with Crippen molar-refractivity contribution in [3.63, 3.8) is 0 Å². The number of carbonyl (C=O) groups excluding carboxylic acids is 2. The van der Waals surface area contributed by atoms with E-state index in [1.807, 2.05) is 0 Å². The molecule has 0 aromatic carbocycles. The molecule has 0 heterocycles. The SMILES string of the molecule is CCCCC/C=C/C/C=C/C/C=C/C/C=C/CCCCCC(=O)OC[C@H](COP(=O)(O)O)OC(=O)CCCCCCCCCCCCCC. The zero-order valence-corrected chi connectivity index (χ0v) is 32.0. The van der Waals surface area contributed by atoms with Gasteiger partial charge in [-0.15, -0.1) is 0 Å². The third-order valence-corrected chi connectivity index (χ3v) is 8.59. The van der Waals surface area contributed by atoms with Crippen LogP contribution in [0.4, 0.5) is 0 Å². The van der Waals surface area contributed by atoms with Gasteiger partial charge in [0.15, 0.2) is 6.10 Å². The number of carbonyl (C=O) groups is 2. The molecule has 1 atom stereocenters. The molecule has 8 nitrogen and oxygen atoms in total. The lowest BCUT2D eigenvalue weighted by Gasteiger charge is -2.18. The molecular weight excluding hydrogens is 639 g/mol. The number of allylic oxidation sites excluding steroid dienone is 8. The van der Waals surface area contributed by atoms with Crippen molar-refractivity contribution >= 4 is 19.8 Å². The summed E-state index contributed by atoms with van der Waals surface area (Å²) >= 11 is 0. The second kappa shape index (κ2) is 35.8. The molecule has 0 spiro atoms. The molecular formula is C40H71O8P. The van der Waals surface area contributed by atoms with Crippen molar-refractivity contribution in [2.45, 2.75) is 180 Å². The Labute approximate surface area is 299 Å². The lowest BCUT2D eigenvalue weighted by molar-refractivity contribution is -0.161. The lowest BCUT2D eigenvalue weighted by atomic mass is 10.0. The van der Waals surface area contributed by atoms with Crippen molar-refractivity contribution in [2.24, 2.45) is 0 Å². The average Bonchev–Trinajstić information content (AvgIpc) is 3.07. The summed E-state index contributed by atoms with van der Waals surface area (Å²) in [7, 11) is -4.76. The minimum atomic E-state index is -4.76. The van der Waals surface area contributed by atoms with E-state index in [1.54, 1.807) is 0 Å². The first-order chi connectivity index (χ1) is 23.8. The lowest BCUT2D eigenvalue weighted by Crippen LogP contribution is -2.29. The summed E-state index contributed by atoms with van der Waals surface area (Å²) in [4.78, 5) is 42.7. The van der Waals surface area contributed by atoms with E-state index in [0.717, 1.165) is 57.8 Å².